The minimum atomic E-state index is -0.381. The molecule has 0 spiro atoms. The molecule has 0 saturated heterocycles. The van der Waals surface area contributed by atoms with Crippen LogP contribution in [0.15, 0.2) is 36.5 Å². The first-order valence-electron chi connectivity index (χ1n) is 6.96. The normalized spacial score (nSPS) is 18.4. The minimum absolute atomic E-state index is 0.0953. The van der Waals surface area contributed by atoms with Crippen molar-refractivity contribution in [3.63, 3.8) is 0 Å². The summed E-state index contributed by atoms with van der Waals surface area (Å²) in [5, 5.41) is 10.8. The van der Waals surface area contributed by atoms with Crippen molar-refractivity contribution in [1.82, 2.24) is 4.98 Å². The maximum atomic E-state index is 9.68. The second-order valence-corrected chi connectivity index (χ2v) is 5.36. The van der Waals surface area contributed by atoms with Crippen LogP contribution in [0.25, 0.3) is 10.9 Å². The highest BCUT2D eigenvalue weighted by Crippen LogP contribution is 2.33. The van der Waals surface area contributed by atoms with Gasteiger partial charge in [-0.15, -0.1) is 0 Å². The van der Waals surface area contributed by atoms with E-state index in [2.05, 4.69) is 4.98 Å². The number of ether oxygens (including phenoxy) is 1. The molecule has 19 heavy (non-hydrogen) atoms. The molecule has 1 saturated carbocycles. The van der Waals surface area contributed by atoms with Crippen molar-refractivity contribution in [1.29, 1.82) is 0 Å². The largest absolute Gasteiger partial charge is 0.485 e. The molecule has 3 nitrogen and oxygen atoms in total. The maximum Gasteiger partial charge on any atom is 0.132 e. The summed E-state index contributed by atoms with van der Waals surface area (Å²) < 4.78 is 6.12. The predicted octanol–water partition coefficient (Wildman–Crippen LogP) is 3.31. The van der Waals surface area contributed by atoms with Crippen LogP contribution in [0.4, 0.5) is 0 Å². The summed E-state index contributed by atoms with van der Waals surface area (Å²) in [4.78, 5) is 4.30. The van der Waals surface area contributed by atoms with Gasteiger partial charge in [-0.05, 0) is 49.9 Å². The molecule has 100 valence electrons. The monoisotopic (exact) mass is 257 g/mol. The highest BCUT2D eigenvalue weighted by Gasteiger charge is 2.33. The molecule has 0 atom stereocenters. The van der Waals surface area contributed by atoms with Crippen molar-refractivity contribution in [3.8, 4) is 5.75 Å². The zero-order valence-corrected chi connectivity index (χ0v) is 11.0. The third kappa shape index (κ3) is 2.56. The molecule has 0 amide bonds. The van der Waals surface area contributed by atoms with Crippen LogP contribution in [0.3, 0.4) is 0 Å². The Bertz CT molecular complexity index is 561. The van der Waals surface area contributed by atoms with E-state index in [1.165, 1.54) is 6.42 Å². The van der Waals surface area contributed by atoms with E-state index < -0.39 is 0 Å². The molecule has 3 heteroatoms. The summed E-state index contributed by atoms with van der Waals surface area (Å²) >= 11 is 0. The molecule has 1 fully saturated rings. The Morgan fingerprint density at radius 3 is 2.79 bits per heavy atom. The fourth-order valence-corrected chi connectivity index (χ4v) is 2.86. The molecule has 1 aromatic carbocycles. The fraction of sp³-hybridized carbons (Fsp3) is 0.438. The van der Waals surface area contributed by atoms with Crippen LogP contribution in [-0.2, 0) is 0 Å². The predicted molar refractivity (Wildman–Crippen MR) is 75.3 cm³/mol. The van der Waals surface area contributed by atoms with Crippen LogP contribution in [0, 0.1) is 0 Å². The van der Waals surface area contributed by atoms with E-state index in [4.69, 9.17) is 4.74 Å². The van der Waals surface area contributed by atoms with Gasteiger partial charge in [-0.25, -0.2) is 0 Å². The lowest BCUT2D eigenvalue weighted by Crippen LogP contribution is -2.41. The molecule has 1 aliphatic carbocycles. The van der Waals surface area contributed by atoms with Crippen LogP contribution in [0.2, 0.25) is 0 Å². The molecule has 1 aliphatic rings. The molecular weight excluding hydrogens is 238 g/mol. The molecule has 0 bridgehead atoms. The Balaban J connectivity index is 1.87. The van der Waals surface area contributed by atoms with Gasteiger partial charge in [-0.1, -0.05) is 12.5 Å². The average Bonchev–Trinajstić information content (AvgIpc) is 2.48. The molecule has 2 aromatic rings. The number of aliphatic hydroxyl groups excluding tert-OH is 1. The Morgan fingerprint density at radius 2 is 2.00 bits per heavy atom. The van der Waals surface area contributed by atoms with E-state index in [-0.39, 0.29) is 12.2 Å². The smallest absolute Gasteiger partial charge is 0.132 e. The van der Waals surface area contributed by atoms with Crippen molar-refractivity contribution < 1.29 is 9.84 Å². The number of pyridine rings is 1. The lowest BCUT2D eigenvalue weighted by Gasteiger charge is -2.36. The van der Waals surface area contributed by atoms with Crippen molar-refractivity contribution in [2.24, 2.45) is 0 Å². The Hall–Kier alpha value is -1.61. The van der Waals surface area contributed by atoms with Crippen LogP contribution in [-0.4, -0.2) is 22.3 Å². The SMILES string of the molecule is OCC1(Oc2ccc3ncccc3c2)CCCCC1. The first-order valence-corrected chi connectivity index (χ1v) is 6.96. The van der Waals surface area contributed by atoms with Crippen LogP contribution in [0.5, 0.6) is 5.75 Å². The molecule has 1 aromatic heterocycles. The first kappa shape index (κ1) is 12.4. The number of hydrogen-bond acceptors (Lipinski definition) is 3. The third-order valence-electron chi connectivity index (χ3n) is 3.96. The van der Waals surface area contributed by atoms with Crippen LogP contribution >= 0.6 is 0 Å². The summed E-state index contributed by atoms with van der Waals surface area (Å²) in [6, 6.07) is 9.88. The third-order valence-corrected chi connectivity index (χ3v) is 3.96. The van der Waals surface area contributed by atoms with Gasteiger partial charge in [0.1, 0.15) is 11.4 Å². The van der Waals surface area contributed by atoms with Crippen molar-refractivity contribution >= 4 is 10.9 Å². The molecule has 0 unspecified atom stereocenters. The van der Waals surface area contributed by atoms with E-state index in [1.54, 1.807) is 6.20 Å². The number of nitrogens with zero attached hydrogens (tertiary/aromatic N) is 1. The number of hydrogen-bond donors (Lipinski definition) is 1. The first-order chi connectivity index (χ1) is 9.31. The van der Waals surface area contributed by atoms with E-state index in [0.717, 1.165) is 42.3 Å². The van der Waals surface area contributed by atoms with Crippen molar-refractivity contribution in [2.75, 3.05) is 6.61 Å². The van der Waals surface area contributed by atoms with Gasteiger partial charge in [0, 0.05) is 11.6 Å². The second-order valence-electron chi connectivity index (χ2n) is 5.36. The fourth-order valence-electron chi connectivity index (χ4n) is 2.86. The van der Waals surface area contributed by atoms with E-state index in [9.17, 15) is 5.11 Å². The zero-order valence-electron chi connectivity index (χ0n) is 11.0. The van der Waals surface area contributed by atoms with Gasteiger partial charge in [-0.3, -0.25) is 4.98 Å². The number of rotatable bonds is 3. The highest BCUT2D eigenvalue weighted by atomic mass is 16.5. The van der Waals surface area contributed by atoms with Gasteiger partial charge >= 0.3 is 0 Å². The maximum absolute atomic E-state index is 9.68. The second kappa shape index (κ2) is 5.17. The molecule has 0 aliphatic heterocycles. The van der Waals surface area contributed by atoms with E-state index in [0.29, 0.717) is 0 Å². The summed E-state index contributed by atoms with van der Waals surface area (Å²) in [5.74, 6) is 0.830. The Kier molecular flexibility index (Phi) is 3.38. The van der Waals surface area contributed by atoms with Crippen molar-refractivity contribution in [2.45, 2.75) is 37.7 Å². The summed E-state index contributed by atoms with van der Waals surface area (Å²) in [5.41, 5.74) is 0.588. The Labute approximate surface area is 113 Å². The van der Waals surface area contributed by atoms with E-state index in [1.807, 2.05) is 30.3 Å². The Morgan fingerprint density at radius 1 is 1.16 bits per heavy atom. The molecule has 0 radical (unpaired) electrons. The minimum Gasteiger partial charge on any atom is -0.485 e. The van der Waals surface area contributed by atoms with Crippen LogP contribution in [0.1, 0.15) is 32.1 Å². The van der Waals surface area contributed by atoms with Crippen LogP contribution < -0.4 is 4.74 Å². The molecule has 1 N–H and O–H groups in total. The number of fused-ring (bicyclic) bond motifs is 1. The lowest BCUT2D eigenvalue weighted by molar-refractivity contribution is -0.0197. The molecule has 1 heterocycles. The summed E-state index contributed by atoms with van der Waals surface area (Å²) in [6.07, 6.45) is 7.18. The topological polar surface area (TPSA) is 42.4 Å². The van der Waals surface area contributed by atoms with Gasteiger partial charge in [0.05, 0.1) is 12.1 Å². The number of benzene rings is 1. The molecule has 3 rings (SSSR count). The highest BCUT2D eigenvalue weighted by molar-refractivity contribution is 5.79. The lowest BCUT2D eigenvalue weighted by atomic mass is 9.85. The summed E-state index contributed by atoms with van der Waals surface area (Å²) in [6.45, 7) is 0.0953. The molecular formula is C16H19NO2. The quantitative estimate of drug-likeness (QED) is 0.917. The zero-order chi connectivity index (χ0) is 13.1. The van der Waals surface area contributed by atoms with Crippen molar-refractivity contribution in [3.05, 3.63) is 36.5 Å². The number of aliphatic hydroxyl groups is 1. The van der Waals surface area contributed by atoms with Gasteiger partial charge in [0.15, 0.2) is 0 Å². The standard InChI is InChI=1S/C16H19NO2/c18-12-16(8-2-1-3-9-16)19-14-6-7-15-13(11-14)5-4-10-17-15/h4-7,10-11,18H,1-3,8-9,12H2. The number of aromatic nitrogens is 1. The van der Waals surface area contributed by atoms with Gasteiger partial charge < -0.3 is 9.84 Å². The summed E-state index contributed by atoms with van der Waals surface area (Å²) in [7, 11) is 0. The van der Waals surface area contributed by atoms with Gasteiger partial charge in [0.2, 0.25) is 0 Å². The van der Waals surface area contributed by atoms with Gasteiger partial charge in [-0.2, -0.15) is 0 Å². The average molecular weight is 257 g/mol. The van der Waals surface area contributed by atoms with E-state index >= 15 is 0 Å². The van der Waals surface area contributed by atoms with Gasteiger partial charge in [0.25, 0.3) is 0 Å².